The van der Waals surface area contributed by atoms with E-state index in [9.17, 15) is 9.59 Å². The highest BCUT2D eigenvalue weighted by molar-refractivity contribution is 5.88. The Morgan fingerprint density at radius 1 is 1.03 bits per heavy atom. The zero-order valence-electron chi connectivity index (χ0n) is 18.2. The van der Waals surface area contributed by atoms with Gasteiger partial charge in [-0.25, -0.2) is 4.98 Å². The molecular formula is C24H31N5O3. The van der Waals surface area contributed by atoms with Gasteiger partial charge in [0, 0.05) is 6.54 Å². The number of benzene rings is 2. The second-order valence-corrected chi connectivity index (χ2v) is 7.63. The minimum absolute atomic E-state index is 0.0669. The average molecular weight is 438 g/mol. The Bertz CT molecular complexity index is 972. The Morgan fingerprint density at radius 2 is 1.78 bits per heavy atom. The SMILES string of the molecule is NCCC[C@@H](C(=O)NCCCc1ccccc1)N(Cc1nc2ccccc2o1)C(=O)CN. The number of carbonyl (C=O) groups is 2. The predicted octanol–water partition coefficient (Wildman–Crippen LogP) is 1.97. The lowest BCUT2D eigenvalue weighted by atomic mass is 10.1. The van der Waals surface area contributed by atoms with Gasteiger partial charge in [0.05, 0.1) is 13.1 Å². The van der Waals surface area contributed by atoms with Crippen molar-refractivity contribution in [3.8, 4) is 0 Å². The van der Waals surface area contributed by atoms with Gasteiger partial charge >= 0.3 is 0 Å². The van der Waals surface area contributed by atoms with Crippen molar-refractivity contribution in [1.29, 1.82) is 0 Å². The Morgan fingerprint density at radius 3 is 2.50 bits per heavy atom. The van der Waals surface area contributed by atoms with Crippen LogP contribution in [0.4, 0.5) is 0 Å². The third-order valence-electron chi connectivity index (χ3n) is 5.28. The molecule has 1 aromatic heterocycles. The molecule has 0 saturated carbocycles. The van der Waals surface area contributed by atoms with Crippen LogP contribution < -0.4 is 16.8 Å². The van der Waals surface area contributed by atoms with Gasteiger partial charge in [0.1, 0.15) is 11.6 Å². The van der Waals surface area contributed by atoms with Crippen LogP contribution in [0.2, 0.25) is 0 Å². The normalized spacial score (nSPS) is 11.9. The Kier molecular flexibility index (Phi) is 8.77. The van der Waals surface area contributed by atoms with Gasteiger partial charge in [0.15, 0.2) is 5.58 Å². The van der Waals surface area contributed by atoms with E-state index in [0.29, 0.717) is 42.9 Å². The first-order valence-electron chi connectivity index (χ1n) is 11.0. The van der Waals surface area contributed by atoms with Gasteiger partial charge < -0.3 is 26.1 Å². The zero-order valence-corrected chi connectivity index (χ0v) is 18.2. The van der Waals surface area contributed by atoms with Crippen LogP contribution in [0.3, 0.4) is 0 Å². The maximum absolute atomic E-state index is 13.0. The second-order valence-electron chi connectivity index (χ2n) is 7.63. The summed E-state index contributed by atoms with van der Waals surface area (Å²) >= 11 is 0. The molecule has 8 nitrogen and oxygen atoms in total. The lowest BCUT2D eigenvalue weighted by Crippen LogP contribution is -2.51. The van der Waals surface area contributed by atoms with Gasteiger partial charge in [-0.3, -0.25) is 9.59 Å². The number of aromatic nitrogens is 1. The van der Waals surface area contributed by atoms with Crippen molar-refractivity contribution in [3.63, 3.8) is 0 Å². The number of carbonyl (C=O) groups excluding carboxylic acids is 2. The molecule has 0 aliphatic carbocycles. The van der Waals surface area contributed by atoms with Gasteiger partial charge in [-0.05, 0) is 49.9 Å². The molecule has 170 valence electrons. The van der Waals surface area contributed by atoms with E-state index in [1.807, 2.05) is 42.5 Å². The highest BCUT2D eigenvalue weighted by Crippen LogP contribution is 2.18. The Labute approximate surface area is 188 Å². The number of nitrogens with two attached hydrogens (primary N) is 2. The van der Waals surface area contributed by atoms with Crippen LogP contribution in [0.1, 0.15) is 30.7 Å². The first-order valence-corrected chi connectivity index (χ1v) is 11.0. The molecule has 0 fully saturated rings. The first kappa shape index (κ1) is 23.4. The number of hydrogen-bond acceptors (Lipinski definition) is 6. The number of oxazole rings is 1. The fourth-order valence-corrected chi connectivity index (χ4v) is 3.63. The molecule has 32 heavy (non-hydrogen) atoms. The first-order chi connectivity index (χ1) is 15.6. The van der Waals surface area contributed by atoms with Crippen LogP contribution in [-0.4, -0.2) is 47.4 Å². The highest BCUT2D eigenvalue weighted by atomic mass is 16.3. The monoisotopic (exact) mass is 437 g/mol. The smallest absolute Gasteiger partial charge is 0.242 e. The highest BCUT2D eigenvalue weighted by Gasteiger charge is 2.30. The van der Waals surface area contributed by atoms with Crippen molar-refractivity contribution < 1.29 is 14.0 Å². The summed E-state index contributed by atoms with van der Waals surface area (Å²) in [6.07, 6.45) is 2.70. The second kappa shape index (κ2) is 12.0. The van der Waals surface area contributed by atoms with Crippen molar-refractivity contribution >= 4 is 22.9 Å². The van der Waals surface area contributed by atoms with Gasteiger partial charge in [0.25, 0.3) is 0 Å². The zero-order chi connectivity index (χ0) is 22.8. The molecule has 2 amide bonds. The molecule has 2 aromatic carbocycles. The lowest BCUT2D eigenvalue weighted by molar-refractivity contribution is -0.140. The van der Waals surface area contributed by atoms with Crippen molar-refractivity contribution in [1.82, 2.24) is 15.2 Å². The van der Waals surface area contributed by atoms with Crippen LogP contribution in [0.25, 0.3) is 11.1 Å². The summed E-state index contributed by atoms with van der Waals surface area (Å²) in [5.74, 6) is -0.194. The number of amides is 2. The van der Waals surface area contributed by atoms with E-state index in [4.69, 9.17) is 15.9 Å². The largest absolute Gasteiger partial charge is 0.439 e. The van der Waals surface area contributed by atoms with E-state index in [0.717, 1.165) is 12.8 Å². The summed E-state index contributed by atoms with van der Waals surface area (Å²) in [5.41, 5.74) is 13.9. The van der Waals surface area contributed by atoms with Gasteiger partial charge in [0.2, 0.25) is 17.7 Å². The Hall–Kier alpha value is -3.23. The van der Waals surface area contributed by atoms with Crippen LogP contribution in [0.5, 0.6) is 0 Å². The van der Waals surface area contributed by atoms with E-state index in [1.54, 1.807) is 0 Å². The third-order valence-corrected chi connectivity index (χ3v) is 5.28. The molecule has 0 radical (unpaired) electrons. The molecule has 3 rings (SSSR count). The van der Waals surface area contributed by atoms with Crippen molar-refractivity contribution in [3.05, 3.63) is 66.1 Å². The maximum atomic E-state index is 13.0. The number of fused-ring (bicyclic) bond motifs is 1. The van der Waals surface area contributed by atoms with E-state index in [-0.39, 0.29) is 24.9 Å². The molecule has 0 saturated heterocycles. The summed E-state index contributed by atoms with van der Waals surface area (Å²) in [6, 6.07) is 16.8. The quantitative estimate of drug-likeness (QED) is 0.372. The van der Waals surface area contributed by atoms with Crippen molar-refractivity contribution in [2.24, 2.45) is 11.5 Å². The fraction of sp³-hybridized carbons (Fsp3) is 0.375. The standard InChI is InChI=1S/C24H31N5O3/c25-14-6-12-20(24(31)27-15-7-10-18-8-2-1-3-9-18)29(23(30)16-26)17-22-28-19-11-4-5-13-21(19)32-22/h1-5,8-9,11,13,20H,6-7,10,12,14-17,25-26H2,(H,27,31)/t20-/m0/s1. The van der Waals surface area contributed by atoms with E-state index >= 15 is 0 Å². The summed E-state index contributed by atoms with van der Waals surface area (Å²) in [4.78, 5) is 31.6. The summed E-state index contributed by atoms with van der Waals surface area (Å²) in [7, 11) is 0. The van der Waals surface area contributed by atoms with Crippen molar-refractivity contribution in [2.75, 3.05) is 19.6 Å². The molecule has 8 heteroatoms. The van der Waals surface area contributed by atoms with Crippen LogP contribution >= 0.6 is 0 Å². The molecule has 0 aliphatic heterocycles. The van der Waals surface area contributed by atoms with Crippen LogP contribution in [0, 0.1) is 0 Å². The molecule has 0 spiro atoms. The fourth-order valence-electron chi connectivity index (χ4n) is 3.63. The molecular weight excluding hydrogens is 406 g/mol. The topological polar surface area (TPSA) is 127 Å². The van der Waals surface area contributed by atoms with Crippen LogP contribution in [0.15, 0.2) is 59.0 Å². The number of aryl methyl sites for hydroxylation is 1. The average Bonchev–Trinajstić information content (AvgIpc) is 3.24. The number of hydrogen-bond donors (Lipinski definition) is 3. The molecule has 0 bridgehead atoms. The maximum Gasteiger partial charge on any atom is 0.242 e. The van der Waals surface area contributed by atoms with E-state index in [1.165, 1.54) is 10.5 Å². The van der Waals surface area contributed by atoms with E-state index < -0.39 is 6.04 Å². The molecule has 5 N–H and O–H groups in total. The molecule has 1 heterocycles. The molecule has 0 aliphatic rings. The third kappa shape index (κ3) is 6.38. The number of nitrogens with one attached hydrogen (secondary N) is 1. The number of nitrogens with zero attached hydrogens (tertiary/aromatic N) is 2. The minimum Gasteiger partial charge on any atom is -0.439 e. The molecule has 3 aromatic rings. The Balaban J connectivity index is 1.68. The van der Waals surface area contributed by atoms with Gasteiger partial charge in [-0.1, -0.05) is 42.5 Å². The number of para-hydroxylation sites is 2. The predicted molar refractivity (Wildman–Crippen MR) is 123 cm³/mol. The van der Waals surface area contributed by atoms with E-state index in [2.05, 4.69) is 22.4 Å². The van der Waals surface area contributed by atoms with Gasteiger partial charge in [-0.15, -0.1) is 0 Å². The summed E-state index contributed by atoms with van der Waals surface area (Å²) in [6.45, 7) is 0.795. The molecule has 0 unspecified atom stereocenters. The van der Waals surface area contributed by atoms with Crippen molar-refractivity contribution in [2.45, 2.75) is 38.3 Å². The van der Waals surface area contributed by atoms with Gasteiger partial charge in [-0.2, -0.15) is 0 Å². The summed E-state index contributed by atoms with van der Waals surface area (Å²) < 4.78 is 5.77. The summed E-state index contributed by atoms with van der Waals surface area (Å²) in [5, 5.41) is 2.97. The van der Waals surface area contributed by atoms with Crippen LogP contribution in [-0.2, 0) is 22.6 Å². The minimum atomic E-state index is -0.693. The lowest BCUT2D eigenvalue weighted by Gasteiger charge is -2.29. The number of rotatable bonds is 12. The molecule has 1 atom stereocenters.